The van der Waals surface area contributed by atoms with Crippen LogP contribution in [0.15, 0.2) is 24.3 Å². The highest BCUT2D eigenvalue weighted by atomic mass is 32.1. The number of aryl methyl sites for hydroxylation is 2. The Labute approximate surface area is 136 Å². The monoisotopic (exact) mass is 334 g/mol. The number of rotatable bonds is 5. The maximum absolute atomic E-state index is 13.6. The number of ketones is 1. The summed E-state index contributed by atoms with van der Waals surface area (Å²) in [6.07, 6.45) is 3.11. The molecule has 0 bridgehead atoms. The van der Waals surface area contributed by atoms with E-state index in [1.54, 1.807) is 0 Å². The van der Waals surface area contributed by atoms with Crippen LogP contribution in [0.5, 0.6) is 5.75 Å². The van der Waals surface area contributed by atoms with Gasteiger partial charge in [-0.15, -0.1) is 11.3 Å². The molecule has 1 aromatic carbocycles. The summed E-state index contributed by atoms with van der Waals surface area (Å²) in [4.78, 5) is 25.7. The lowest BCUT2D eigenvalue weighted by Gasteiger charge is -2.05. The van der Waals surface area contributed by atoms with Crippen LogP contribution in [0.3, 0.4) is 0 Å². The van der Waals surface area contributed by atoms with Gasteiger partial charge >= 0.3 is 5.97 Å². The molecule has 1 heterocycles. The Morgan fingerprint density at radius 3 is 2.78 bits per heavy atom. The Morgan fingerprint density at radius 2 is 2.09 bits per heavy atom. The normalized spacial score (nSPS) is 12.8. The highest BCUT2D eigenvalue weighted by Crippen LogP contribution is 2.31. The molecule has 23 heavy (non-hydrogen) atoms. The molecule has 0 N–H and O–H groups in total. The molecule has 0 saturated heterocycles. The summed E-state index contributed by atoms with van der Waals surface area (Å²) in [5, 5.41) is 0. The van der Waals surface area contributed by atoms with Crippen molar-refractivity contribution in [1.29, 1.82) is 0 Å². The van der Waals surface area contributed by atoms with E-state index in [2.05, 4.69) is 0 Å². The van der Waals surface area contributed by atoms with Crippen LogP contribution in [0.25, 0.3) is 0 Å². The molecule has 1 aliphatic carbocycles. The molecule has 1 aliphatic rings. The average molecular weight is 334 g/mol. The fraction of sp³-hybridized carbons (Fsp3) is 0.294. The fourth-order valence-electron chi connectivity index (χ4n) is 2.56. The summed E-state index contributed by atoms with van der Waals surface area (Å²) in [6.45, 7) is -0.410. The van der Waals surface area contributed by atoms with Gasteiger partial charge in [-0.25, -0.2) is 9.18 Å². The molecule has 0 unspecified atom stereocenters. The number of esters is 1. The number of Topliss-reactive ketones (excluding diaryl/α,β-unsaturated/α-hetero) is 1. The van der Waals surface area contributed by atoms with E-state index >= 15 is 0 Å². The van der Waals surface area contributed by atoms with Crippen LogP contribution in [0.2, 0.25) is 0 Å². The van der Waals surface area contributed by atoms with Crippen LogP contribution in [-0.4, -0.2) is 25.5 Å². The molecule has 0 amide bonds. The van der Waals surface area contributed by atoms with Gasteiger partial charge in [0.2, 0.25) is 0 Å². The molecule has 1 aromatic heterocycles. The maximum atomic E-state index is 13.6. The molecule has 0 atom stereocenters. The molecule has 0 radical (unpaired) electrons. The number of methoxy groups -OCH3 is 1. The molecule has 0 saturated carbocycles. The first-order chi connectivity index (χ1) is 11.1. The van der Waals surface area contributed by atoms with Crippen molar-refractivity contribution < 1.29 is 23.5 Å². The van der Waals surface area contributed by atoms with Gasteiger partial charge in [0, 0.05) is 10.4 Å². The number of fused-ring (bicyclic) bond motifs is 1. The van der Waals surface area contributed by atoms with E-state index in [9.17, 15) is 14.0 Å². The van der Waals surface area contributed by atoms with Crippen molar-refractivity contribution >= 4 is 23.1 Å². The molecule has 4 nitrogen and oxygen atoms in total. The first kappa shape index (κ1) is 15.7. The van der Waals surface area contributed by atoms with Crippen LogP contribution >= 0.6 is 11.3 Å². The molecule has 0 aliphatic heterocycles. The zero-order valence-electron chi connectivity index (χ0n) is 12.6. The largest absolute Gasteiger partial charge is 0.494 e. The Hall–Kier alpha value is -2.21. The molecule has 6 heteroatoms. The number of benzene rings is 1. The lowest BCUT2D eigenvalue weighted by Crippen LogP contribution is -2.13. The van der Waals surface area contributed by atoms with Gasteiger partial charge in [-0.05, 0) is 49.1 Å². The van der Waals surface area contributed by atoms with E-state index in [1.165, 1.54) is 41.0 Å². The number of hydrogen-bond donors (Lipinski definition) is 0. The van der Waals surface area contributed by atoms with Crippen molar-refractivity contribution in [3.8, 4) is 5.75 Å². The minimum Gasteiger partial charge on any atom is -0.494 e. The third-order valence-corrected chi connectivity index (χ3v) is 4.97. The second-order valence-corrected chi connectivity index (χ2v) is 6.40. The average Bonchev–Trinajstić information content (AvgIpc) is 3.13. The summed E-state index contributed by atoms with van der Waals surface area (Å²) in [6, 6.07) is 5.73. The summed E-state index contributed by atoms with van der Waals surface area (Å²) in [5.41, 5.74) is 1.34. The van der Waals surface area contributed by atoms with Gasteiger partial charge in [-0.1, -0.05) is 0 Å². The smallest absolute Gasteiger partial charge is 0.348 e. The highest BCUT2D eigenvalue weighted by Gasteiger charge is 2.20. The lowest BCUT2D eigenvalue weighted by atomic mass is 10.1. The highest BCUT2D eigenvalue weighted by molar-refractivity contribution is 7.14. The second-order valence-electron chi connectivity index (χ2n) is 5.26. The standard InChI is InChI=1S/C17H15FO4S/c1-21-14-6-5-10(7-12(14)18)13(19)9-22-17(20)16-8-11-3-2-4-15(11)23-16/h5-8H,2-4,9H2,1H3. The Morgan fingerprint density at radius 1 is 1.26 bits per heavy atom. The Balaban J connectivity index is 1.62. The molecule has 3 rings (SSSR count). The topological polar surface area (TPSA) is 52.6 Å². The van der Waals surface area contributed by atoms with Crippen LogP contribution in [-0.2, 0) is 17.6 Å². The maximum Gasteiger partial charge on any atom is 0.348 e. The van der Waals surface area contributed by atoms with Gasteiger partial charge in [0.15, 0.2) is 24.0 Å². The van der Waals surface area contributed by atoms with E-state index in [0.29, 0.717) is 4.88 Å². The number of carbonyl (C=O) groups excluding carboxylic acids is 2. The molecule has 0 fully saturated rings. The van der Waals surface area contributed by atoms with Crippen LogP contribution in [0.1, 0.15) is 36.9 Å². The molecular formula is C17H15FO4S. The van der Waals surface area contributed by atoms with Crippen molar-refractivity contribution in [3.05, 3.63) is 51.0 Å². The summed E-state index contributed by atoms with van der Waals surface area (Å²) in [7, 11) is 1.35. The Bertz CT molecular complexity index is 744. The lowest BCUT2D eigenvalue weighted by molar-refractivity contribution is 0.0479. The van der Waals surface area contributed by atoms with Gasteiger partial charge in [-0.3, -0.25) is 4.79 Å². The van der Waals surface area contributed by atoms with Crippen molar-refractivity contribution in [2.45, 2.75) is 19.3 Å². The van der Waals surface area contributed by atoms with Crippen LogP contribution in [0, 0.1) is 5.82 Å². The minimum atomic E-state index is -0.626. The summed E-state index contributed by atoms with van der Waals surface area (Å²) >= 11 is 1.42. The van der Waals surface area contributed by atoms with E-state index in [0.717, 1.165) is 25.3 Å². The predicted octanol–water partition coefficient (Wildman–Crippen LogP) is 3.42. The quantitative estimate of drug-likeness (QED) is 0.621. The summed E-state index contributed by atoms with van der Waals surface area (Å²) in [5.74, 6) is -1.53. The molecular weight excluding hydrogens is 319 g/mol. The summed E-state index contributed by atoms with van der Waals surface area (Å²) < 4.78 is 23.4. The van der Waals surface area contributed by atoms with Crippen molar-refractivity contribution in [2.24, 2.45) is 0 Å². The Kier molecular flexibility index (Phi) is 4.43. The van der Waals surface area contributed by atoms with Crippen molar-refractivity contribution in [3.63, 3.8) is 0 Å². The number of thiophene rings is 1. The van der Waals surface area contributed by atoms with Crippen LogP contribution in [0.4, 0.5) is 4.39 Å². The van der Waals surface area contributed by atoms with Gasteiger partial charge < -0.3 is 9.47 Å². The third kappa shape index (κ3) is 3.27. The first-order valence-corrected chi connectivity index (χ1v) is 8.05. The number of halogens is 1. The molecule has 2 aromatic rings. The van der Waals surface area contributed by atoms with Gasteiger partial charge in [0.25, 0.3) is 0 Å². The SMILES string of the molecule is COc1ccc(C(=O)COC(=O)c2cc3c(s2)CCC3)cc1F. The zero-order valence-corrected chi connectivity index (χ0v) is 13.4. The number of ether oxygens (including phenoxy) is 2. The molecule has 120 valence electrons. The molecule has 0 spiro atoms. The fourth-order valence-corrected chi connectivity index (χ4v) is 3.70. The number of carbonyl (C=O) groups is 2. The van der Waals surface area contributed by atoms with Gasteiger partial charge in [0.1, 0.15) is 4.88 Å². The zero-order chi connectivity index (χ0) is 16.4. The van der Waals surface area contributed by atoms with E-state index in [4.69, 9.17) is 9.47 Å². The third-order valence-electron chi connectivity index (χ3n) is 3.76. The minimum absolute atomic E-state index is 0.0617. The van der Waals surface area contributed by atoms with Gasteiger partial charge in [-0.2, -0.15) is 0 Å². The van der Waals surface area contributed by atoms with E-state index < -0.39 is 24.2 Å². The second kappa shape index (κ2) is 6.50. The van der Waals surface area contributed by atoms with Crippen molar-refractivity contribution in [2.75, 3.05) is 13.7 Å². The first-order valence-electron chi connectivity index (χ1n) is 7.24. The van der Waals surface area contributed by atoms with Crippen LogP contribution < -0.4 is 4.74 Å². The van der Waals surface area contributed by atoms with Crippen molar-refractivity contribution in [1.82, 2.24) is 0 Å². The van der Waals surface area contributed by atoms with E-state index in [1.807, 2.05) is 6.07 Å². The number of hydrogen-bond acceptors (Lipinski definition) is 5. The van der Waals surface area contributed by atoms with Gasteiger partial charge in [0.05, 0.1) is 7.11 Å². The van der Waals surface area contributed by atoms with E-state index in [-0.39, 0.29) is 11.3 Å². The predicted molar refractivity (Wildman–Crippen MR) is 83.9 cm³/mol.